The maximum Gasteiger partial charge on any atom is 0.342 e. The lowest BCUT2D eigenvalue weighted by atomic mass is 10.2. The Bertz CT molecular complexity index is 928. The van der Waals surface area contributed by atoms with Crippen molar-refractivity contribution >= 4 is 23.2 Å². The van der Waals surface area contributed by atoms with Crippen LogP contribution in [0, 0.1) is 0 Å². The summed E-state index contributed by atoms with van der Waals surface area (Å²) < 4.78 is 16.4. The van der Waals surface area contributed by atoms with Crippen LogP contribution in [0.2, 0.25) is 0 Å². The topological polar surface area (TPSA) is 73.9 Å². The summed E-state index contributed by atoms with van der Waals surface area (Å²) >= 11 is 1.64. The van der Waals surface area contributed by atoms with E-state index in [1.165, 1.54) is 4.88 Å². The number of thiophene rings is 1. The molecule has 0 spiro atoms. The molecule has 3 aromatic rings. The molecule has 1 aromatic heterocycles. The molecule has 7 heteroatoms. The Balaban J connectivity index is 1.41. The van der Waals surface area contributed by atoms with Crippen LogP contribution < -0.4 is 14.8 Å². The summed E-state index contributed by atoms with van der Waals surface area (Å²) in [5.41, 5.74) is 0.267. The van der Waals surface area contributed by atoms with E-state index in [1.807, 2.05) is 47.8 Å². The third-order valence-electron chi connectivity index (χ3n) is 4.07. The van der Waals surface area contributed by atoms with Crippen molar-refractivity contribution in [1.82, 2.24) is 5.32 Å². The molecule has 0 bridgehead atoms. The summed E-state index contributed by atoms with van der Waals surface area (Å²) in [5.74, 6) is 0.189. The third kappa shape index (κ3) is 6.93. The molecule has 0 atom stereocenters. The summed E-state index contributed by atoms with van der Waals surface area (Å²) in [6, 6.07) is 20.1. The second kappa shape index (κ2) is 11.6. The monoisotopic (exact) mass is 425 g/mol. The second-order valence-corrected chi connectivity index (χ2v) is 7.29. The molecule has 0 radical (unpaired) electrons. The van der Waals surface area contributed by atoms with Gasteiger partial charge in [0.15, 0.2) is 6.61 Å². The van der Waals surface area contributed by atoms with E-state index in [1.54, 1.807) is 35.6 Å². The fourth-order valence-corrected chi connectivity index (χ4v) is 3.34. The number of nitrogens with one attached hydrogen (secondary N) is 1. The summed E-state index contributed by atoms with van der Waals surface area (Å²) in [6.07, 6.45) is 0.749. The summed E-state index contributed by atoms with van der Waals surface area (Å²) in [6.45, 7) is 0.759. The highest BCUT2D eigenvalue weighted by Crippen LogP contribution is 2.19. The highest BCUT2D eigenvalue weighted by molar-refractivity contribution is 7.09. The molecule has 0 aliphatic heterocycles. The first-order valence-corrected chi connectivity index (χ1v) is 10.5. The fraction of sp³-hybridized carbons (Fsp3) is 0.217. The van der Waals surface area contributed by atoms with Crippen molar-refractivity contribution in [3.05, 3.63) is 82.6 Å². The fourth-order valence-electron chi connectivity index (χ4n) is 2.63. The van der Waals surface area contributed by atoms with E-state index >= 15 is 0 Å². The number of amides is 1. The number of ether oxygens (including phenoxy) is 3. The van der Waals surface area contributed by atoms with Crippen molar-refractivity contribution in [2.75, 3.05) is 26.4 Å². The van der Waals surface area contributed by atoms with Crippen molar-refractivity contribution in [2.45, 2.75) is 6.42 Å². The smallest absolute Gasteiger partial charge is 0.342 e. The Kier molecular flexibility index (Phi) is 8.29. The molecule has 1 amide bonds. The first-order chi connectivity index (χ1) is 14.7. The number of hydrogen-bond donors (Lipinski definition) is 1. The lowest BCUT2D eigenvalue weighted by Crippen LogP contribution is -2.30. The van der Waals surface area contributed by atoms with Crippen LogP contribution in [0.3, 0.4) is 0 Å². The van der Waals surface area contributed by atoms with Crippen molar-refractivity contribution in [3.8, 4) is 11.5 Å². The molecule has 0 saturated heterocycles. The summed E-state index contributed by atoms with van der Waals surface area (Å²) in [7, 11) is 0. The van der Waals surface area contributed by atoms with E-state index in [9.17, 15) is 9.59 Å². The molecule has 1 heterocycles. The van der Waals surface area contributed by atoms with E-state index < -0.39 is 5.97 Å². The Morgan fingerprint density at radius 1 is 0.867 bits per heavy atom. The van der Waals surface area contributed by atoms with Gasteiger partial charge in [-0.05, 0) is 42.1 Å². The van der Waals surface area contributed by atoms with Crippen LogP contribution in [-0.4, -0.2) is 38.2 Å². The highest BCUT2D eigenvalue weighted by atomic mass is 32.1. The zero-order valence-electron chi connectivity index (χ0n) is 16.4. The van der Waals surface area contributed by atoms with E-state index in [-0.39, 0.29) is 24.7 Å². The first-order valence-electron chi connectivity index (χ1n) is 9.58. The summed E-state index contributed by atoms with van der Waals surface area (Å²) in [5, 5.41) is 4.73. The van der Waals surface area contributed by atoms with Crippen LogP contribution in [0.15, 0.2) is 72.1 Å². The molecular formula is C23H23NO5S. The normalized spacial score (nSPS) is 10.3. The van der Waals surface area contributed by atoms with Gasteiger partial charge >= 0.3 is 5.97 Å². The maximum atomic E-state index is 12.4. The molecule has 6 nitrogen and oxygen atoms in total. The van der Waals surface area contributed by atoms with Gasteiger partial charge in [0, 0.05) is 11.4 Å². The largest absolute Gasteiger partial charge is 0.490 e. The number of para-hydroxylation sites is 2. The first kappa shape index (κ1) is 21.4. The standard InChI is InChI=1S/C23H23NO5S/c25-22(24-13-12-19-9-6-16-30-19)17-29-23(26)20-10-4-5-11-21(20)28-15-14-27-18-7-2-1-3-8-18/h1-11,16H,12-15,17H2,(H,24,25). The van der Waals surface area contributed by atoms with Crippen molar-refractivity contribution in [2.24, 2.45) is 0 Å². The molecule has 0 aliphatic carbocycles. The average molecular weight is 426 g/mol. The Morgan fingerprint density at radius 2 is 1.63 bits per heavy atom. The summed E-state index contributed by atoms with van der Waals surface area (Å²) in [4.78, 5) is 25.5. The molecule has 30 heavy (non-hydrogen) atoms. The Morgan fingerprint density at radius 3 is 2.43 bits per heavy atom. The van der Waals surface area contributed by atoms with E-state index in [4.69, 9.17) is 14.2 Å². The number of benzene rings is 2. The van der Waals surface area contributed by atoms with Gasteiger partial charge in [-0.25, -0.2) is 4.79 Å². The lowest BCUT2D eigenvalue weighted by molar-refractivity contribution is -0.124. The molecule has 3 rings (SSSR count). The highest BCUT2D eigenvalue weighted by Gasteiger charge is 2.15. The van der Waals surface area contributed by atoms with Crippen LogP contribution in [0.4, 0.5) is 0 Å². The number of carbonyl (C=O) groups excluding carboxylic acids is 2. The van der Waals surface area contributed by atoms with Crippen LogP contribution in [0.1, 0.15) is 15.2 Å². The van der Waals surface area contributed by atoms with Gasteiger partial charge in [0.25, 0.3) is 5.91 Å². The Hall–Kier alpha value is -3.32. The molecule has 0 aliphatic rings. The van der Waals surface area contributed by atoms with E-state index in [0.29, 0.717) is 18.9 Å². The predicted octanol–water partition coefficient (Wildman–Crippen LogP) is 3.72. The van der Waals surface area contributed by atoms with Gasteiger partial charge in [-0.2, -0.15) is 0 Å². The van der Waals surface area contributed by atoms with Gasteiger partial charge in [-0.3, -0.25) is 4.79 Å². The number of carbonyl (C=O) groups is 2. The molecule has 1 N–H and O–H groups in total. The zero-order valence-corrected chi connectivity index (χ0v) is 17.2. The molecule has 0 saturated carbocycles. The maximum absolute atomic E-state index is 12.4. The van der Waals surface area contributed by atoms with Crippen molar-refractivity contribution in [3.63, 3.8) is 0 Å². The van der Waals surface area contributed by atoms with Crippen molar-refractivity contribution in [1.29, 1.82) is 0 Å². The Labute approximate surface area is 179 Å². The molecule has 0 fully saturated rings. The van der Waals surface area contributed by atoms with Gasteiger partial charge in [-0.1, -0.05) is 36.4 Å². The van der Waals surface area contributed by atoms with Crippen LogP contribution in [0.5, 0.6) is 11.5 Å². The minimum Gasteiger partial charge on any atom is -0.490 e. The van der Waals surface area contributed by atoms with Crippen LogP contribution >= 0.6 is 11.3 Å². The molecule has 0 unspecified atom stereocenters. The van der Waals surface area contributed by atoms with E-state index in [0.717, 1.165) is 12.2 Å². The van der Waals surface area contributed by atoms with Crippen LogP contribution in [-0.2, 0) is 16.0 Å². The number of esters is 1. The number of hydrogen-bond acceptors (Lipinski definition) is 6. The van der Waals surface area contributed by atoms with E-state index in [2.05, 4.69) is 5.32 Å². The van der Waals surface area contributed by atoms with Gasteiger partial charge in [0.05, 0.1) is 0 Å². The SMILES string of the molecule is O=C(COC(=O)c1ccccc1OCCOc1ccccc1)NCCc1cccs1. The molecular weight excluding hydrogens is 402 g/mol. The van der Waals surface area contributed by atoms with Gasteiger partial charge in [0.1, 0.15) is 30.3 Å². The van der Waals surface area contributed by atoms with Crippen molar-refractivity contribution < 1.29 is 23.8 Å². The molecule has 2 aromatic carbocycles. The van der Waals surface area contributed by atoms with Crippen LogP contribution in [0.25, 0.3) is 0 Å². The minimum atomic E-state index is -0.608. The predicted molar refractivity (Wildman–Crippen MR) is 115 cm³/mol. The minimum absolute atomic E-state index is 0.266. The second-order valence-electron chi connectivity index (χ2n) is 6.26. The van der Waals surface area contributed by atoms with Gasteiger partial charge in [0.2, 0.25) is 0 Å². The quantitative estimate of drug-likeness (QED) is 0.374. The van der Waals surface area contributed by atoms with Gasteiger partial charge < -0.3 is 19.5 Å². The number of rotatable bonds is 11. The zero-order chi connectivity index (χ0) is 21.0. The third-order valence-corrected chi connectivity index (χ3v) is 5.00. The van der Waals surface area contributed by atoms with Gasteiger partial charge in [-0.15, -0.1) is 11.3 Å². The molecule has 156 valence electrons. The average Bonchev–Trinajstić information content (AvgIpc) is 3.29. The lowest BCUT2D eigenvalue weighted by Gasteiger charge is -2.12.